The van der Waals surface area contributed by atoms with Crippen LogP contribution in [0.5, 0.6) is 0 Å². The van der Waals surface area contributed by atoms with Crippen molar-refractivity contribution in [3.63, 3.8) is 0 Å². The van der Waals surface area contributed by atoms with Gasteiger partial charge < -0.3 is 20.1 Å². The van der Waals surface area contributed by atoms with Crippen LogP contribution >= 0.6 is 12.4 Å². The van der Waals surface area contributed by atoms with E-state index in [1.807, 2.05) is 41.2 Å². The van der Waals surface area contributed by atoms with Crippen molar-refractivity contribution >= 4 is 18.3 Å². The Hall–Kier alpha value is -1.93. The lowest BCUT2D eigenvalue weighted by atomic mass is 10.1. The van der Waals surface area contributed by atoms with Gasteiger partial charge in [0.2, 0.25) is 0 Å². The number of aliphatic hydroxyl groups is 1. The number of piperidine rings is 1. The molecule has 2 heterocycles. The smallest absolute Gasteiger partial charge is 0.274 e. The Bertz CT molecular complexity index is 719. The lowest BCUT2D eigenvalue weighted by Crippen LogP contribution is -2.37. The van der Waals surface area contributed by atoms with E-state index in [-0.39, 0.29) is 31.5 Å². The van der Waals surface area contributed by atoms with Crippen molar-refractivity contribution < 1.29 is 14.6 Å². The number of aliphatic hydroxyl groups excluding tert-OH is 1. The van der Waals surface area contributed by atoms with Gasteiger partial charge in [0.1, 0.15) is 5.69 Å². The lowest BCUT2D eigenvalue weighted by Gasteiger charge is -2.23. The molecular formula is C20H29ClN4O3. The van der Waals surface area contributed by atoms with E-state index in [1.54, 1.807) is 13.1 Å². The van der Waals surface area contributed by atoms with Crippen molar-refractivity contribution in [2.45, 2.75) is 31.6 Å². The fourth-order valence-corrected chi connectivity index (χ4v) is 3.25. The first kappa shape index (κ1) is 22.4. The number of hydrogen-bond donors (Lipinski definition) is 2. The van der Waals surface area contributed by atoms with Crippen LogP contribution in [0.25, 0.3) is 0 Å². The quantitative estimate of drug-likeness (QED) is 0.697. The number of benzene rings is 1. The topological polar surface area (TPSA) is 79.6 Å². The molecule has 1 aromatic heterocycles. The lowest BCUT2D eigenvalue weighted by molar-refractivity contribution is 0.0135. The van der Waals surface area contributed by atoms with E-state index in [1.165, 1.54) is 4.90 Å². The molecule has 1 fully saturated rings. The molecule has 1 aliphatic rings. The highest BCUT2D eigenvalue weighted by molar-refractivity contribution is 5.92. The third kappa shape index (κ3) is 6.31. The van der Waals surface area contributed by atoms with E-state index in [9.17, 15) is 9.90 Å². The molecule has 0 spiro atoms. The molecule has 0 aliphatic carbocycles. The molecule has 1 amide bonds. The van der Waals surface area contributed by atoms with Crippen LogP contribution in [0.4, 0.5) is 0 Å². The van der Waals surface area contributed by atoms with Gasteiger partial charge in [0, 0.05) is 26.3 Å². The Morgan fingerprint density at radius 3 is 2.89 bits per heavy atom. The number of amides is 1. The molecule has 1 aliphatic heterocycles. The Morgan fingerprint density at radius 1 is 1.39 bits per heavy atom. The zero-order valence-corrected chi connectivity index (χ0v) is 17.0. The van der Waals surface area contributed by atoms with Gasteiger partial charge in [-0.1, -0.05) is 30.3 Å². The number of halogens is 1. The molecule has 1 saturated heterocycles. The average Bonchev–Trinajstić information content (AvgIpc) is 3.19. The summed E-state index contributed by atoms with van der Waals surface area (Å²) in [6.07, 6.45) is 3.30. The number of carbonyl (C=O) groups excluding carboxylic acids is 1. The van der Waals surface area contributed by atoms with Crippen molar-refractivity contribution in [3.8, 4) is 0 Å². The standard InChI is InChI=1S/C20H28N4O3.ClH/c1-23(13-18(25)15-27-14-16-6-3-2-4-7-16)20(26)19-9-11-24(22-19)17-8-5-10-21-12-17;/h2-4,6-7,9,11,17-18,21,25H,5,8,10,12-15H2,1H3;1H. The molecule has 7 nitrogen and oxygen atoms in total. The van der Waals surface area contributed by atoms with Crippen LogP contribution in [-0.2, 0) is 11.3 Å². The largest absolute Gasteiger partial charge is 0.389 e. The van der Waals surface area contributed by atoms with Crippen LogP contribution in [0.15, 0.2) is 42.6 Å². The molecule has 2 aromatic rings. The van der Waals surface area contributed by atoms with Gasteiger partial charge in [-0.25, -0.2) is 0 Å². The van der Waals surface area contributed by atoms with E-state index < -0.39 is 6.10 Å². The van der Waals surface area contributed by atoms with E-state index in [2.05, 4.69) is 10.4 Å². The maximum absolute atomic E-state index is 12.6. The van der Waals surface area contributed by atoms with Gasteiger partial charge in [-0.15, -0.1) is 12.4 Å². The number of nitrogens with one attached hydrogen (secondary N) is 1. The minimum Gasteiger partial charge on any atom is -0.389 e. The predicted octanol–water partition coefficient (Wildman–Crippen LogP) is 1.88. The average molecular weight is 409 g/mol. The molecular weight excluding hydrogens is 380 g/mol. The zero-order valence-electron chi connectivity index (χ0n) is 16.2. The molecule has 0 saturated carbocycles. The van der Waals surface area contributed by atoms with Crippen LogP contribution in [-0.4, -0.2) is 65.1 Å². The Morgan fingerprint density at radius 2 is 2.18 bits per heavy atom. The van der Waals surface area contributed by atoms with Crippen molar-refractivity contribution in [2.75, 3.05) is 33.3 Å². The molecule has 2 N–H and O–H groups in total. The fourth-order valence-electron chi connectivity index (χ4n) is 3.25. The normalized spacial score (nSPS) is 17.6. The Kier molecular flexibility index (Phi) is 8.92. The van der Waals surface area contributed by atoms with Crippen molar-refractivity contribution in [1.29, 1.82) is 0 Å². The minimum absolute atomic E-state index is 0. The summed E-state index contributed by atoms with van der Waals surface area (Å²) in [6, 6.07) is 11.8. The maximum Gasteiger partial charge on any atom is 0.274 e. The van der Waals surface area contributed by atoms with Gasteiger partial charge in [-0.3, -0.25) is 9.48 Å². The summed E-state index contributed by atoms with van der Waals surface area (Å²) in [7, 11) is 1.67. The first-order chi connectivity index (χ1) is 13.1. The van der Waals surface area contributed by atoms with Gasteiger partial charge >= 0.3 is 0 Å². The van der Waals surface area contributed by atoms with Gasteiger partial charge in [-0.2, -0.15) is 5.10 Å². The monoisotopic (exact) mass is 408 g/mol. The number of rotatable bonds is 8. The second-order valence-electron chi connectivity index (χ2n) is 7.02. The molecule has 154 valence electrons. The molecule has 3 rings (SSSR count). The molecule has 28 heavy (non-hydrogen) atoms. The highest BCUT2D eigenvalue weighted by Gasteiger charge is 2.21. The van der Waals surface area contributed by atoms with E-state index >= 15 is 0 Å². The number of hydrogen-bond acceptors (Lipinski definition) is 5. The number of aromatic nitrogens is 2. The third-order valence-electron chi connectivity index (χ3n) is 4.73. The van der Waals surface area contributed by atoms with Gasteiger partial charge in [0.15, 0.2) is 0 Å². The molecule has 2 atom stereocenters. The summed E-state index contributed by atoms with van der Waals surface area (Å²) in [5.41, 5.74) is 1.46. The van der Waals surface area contributed by atoms with Crippen LogP contribution in [0.2, 0.25) is 0 Å². The second-order valence-corrected chi connectivity index (χ2v) is 7.02. The Balaban J connectivity index is 0.00000280. The van der Waals surface area contributed by atoms with E-state index in [0.717, 1.165) is 31.5 Å². The number of likely N-dealkylation sites (N-methyl/N-ethyl adjacent to an activating group) is 1. The van der Waals surface area contributed by atoms with Crippen LogP contribution in [0.3, 0.4) is 0 Å². The number of carbonyl (C=O) groups is 1. The van der Waals surface area contributed by atoms with Crippen LogP contribution < -0.4 is 5.32 Å². The Labute approximate surface area is 172 Å². The number of ether oxygens (including phenoxy) is 1. The van der Waals surface area contributed by atoms with Crippen molar-refractivity contribution in [2.24, 2.45) is 0 Å². The second kappa shape index (κ2) is 11.2. The summed E-state index contributed by atoms with van der Waals surface area (Å²) in [6.45, 7) is 2.73. The summed E-state index contributed by atoms with van der Waals surface area (Å²) >= 11 is 0. The molecule has 8 heteroatoms. The first-order valence-electron chi connectivity index (χ1n) is 9.44. The van der Waals surface area contributed by atoms with Crippen molar-refractivity contribution in [1.82, 2.24) is 20.0 Å². The highest BCUT2D eigenvalue weighted by Crippen LogP contribution is 2.16. The summed E-state index contributed by atoms with van der Waals surface area (Å²) < 4.78 is 7.40. The summed E-state index contributed by atoms with van der Waals surface area (Å²) in [5, 5.41) is 17.9. The molecule has 1 aromatic carbocycles. The predicted molar refractivity (Wildman–Crippen MR) is 110 cm³/mol. The third-order valence-corrected chi connectivity index (χ3v) is 4.73. The SMILES string of the molecule is CN(CC(O)COCc1ccccc1)C(=O)c1ccn(C2CCCNC2)n1.Cl. The highest BCUT2D eigenvalue weighted by atomic mass is 35.5. The van der Waals surface area contributed by atoms with Gasteiger partial charge in [0.25, 0.3) is 5.91 Å². The van der Waals surface area contributed by atoms with Crippen molar-refractivity contribution in [3.05, 3.63) is 53.9 Å². The minimum atomic E-state index is -0.743. The zero-order chi connectivity index (χ0) is 19.1. The first-order valence-corrected chi connectivity index (χ1v) is 9.44. The summed E-state index contributed by atoms with van der Waals surface area (Å²) in [5.74, 6) is -0.195. The van der Waals surface area contributed by atoms with E-state index in [4.69, 9.17) is 4.74 Å². The van der Waals surface area contributed by atoms with Crippen LogP contribution in [0, 0.1) is 0 Å². The van der Waals surface area contributed by atoms with Crippen LogP contribution in [0.1, 0.15) is 34.9 Å². The summed E-state index contributed by atoms with van der Waals surface area (Å²) in [4.78, 5) is 14.0. The fraction of sp³-hybridized carbons (Fsp3) is 0.500. The molecule has 0 bridgehead atoms. The van der Waals surface area contributed by atoms with Gasteiger partial charge in [0.05, 0.1) is 25.4 Å². The number of nitrogens with zero attached hydrogens (tertiary/aromatic N) is 3. The molecule has 2 unspecified atom stereocenters. The van der Waals surface area contributed by atoms with Gasteiger partial charge in [-0.05, 0) is 31.0 Å². The van der Waals surface area contributed by atoms with E-state index in [0.29, 0.717) is 18.3 Å². The maximum atomic E-state index is 12.6. The molecule has 0 radical (unpaired) electrons.